The summed E-state index contributed by atoms with van der Waals surface area (Å²) in [4.78, 5) is 32.0. The first-order valence-corrected chi connectivity index (χ1v) is 10.7. The van der Waals surface area contributed by atoms with Crippen LogP contribution in [0.3, 0.4) is 0 Å². The third-order valence-electron chi connectivity index (χ3n) is 4.98. The normalized spacial score (nSPS) is 15.6. The molecule has 1 fully saturated rings. The van der Waals surface area contributed by atoms with Crippen molar-refractivity contribution >= 4 is 17.8 Å². The maximum absolute atomic E-state index is 11.9. The van der Waals surface area contributed by atoms with E-state index in [0.29, 0.717) is 19.0 Å². The van der Waals surface area contributed by atoms with E-state index < -0.39 is 0 Å². The molecule has 2 heterocycles. The van der Waals surface area contributed by atoms with Gasteiger partial charge in [0, 0.05) is 52.7 Å². The lowest BCUT2D eigenvalue weighted by Gasteiger charge is -2.32. The Morgan fingerprint density at radius 1 is 1.23 bits per heavy atom. The Balaban J connectivity index is 1.81. The molecule has 2 rings (SSSR count). The van der Waals surface area contributed by atoms with Crippen LogP contribution < -0.4 is 16.0 Å². The third-order valence-corrected chi connectivity index (χ3v) is 4.98. The van der Waals surface area contributed by atoms with Gasteiger partial charge in [-0.25, -0.2) is 4.99 Å². The standard InChI is InChI=1S/C21H36N6O3/c1-4-10-22-19(28)16-27-12-8-17(9-13-27)25-21(24-15-20(29)26(2)3)23-11-7-18-6-5-14-30-18/h5-6,14,17H,4,7-13,15-16H2,1-3H3,(H,22,28)(H2,23,24,25). The number of carbonyl (C=O) groups is 2. The molecule has 0 atom stereocenters. The van der Waals surface area contributed by atoms with E-state index in [-0.39, 0.29) is 24.4 Å². The van der Waals surface area contributed by atoms with Crippen LogP contribution in [0.4, 0.5) is 0 Å². The van der Waals surface area contributed by atoms with Crippen LogP contribution in [0.1, 0.15) is 31.9 Å². The number of likely N-dealkylation sites (tertiary alicyclic amines) is 1. The molecule has 0 aliphatic carbocycles. The highest BCUT2D eigenvalue weighted by Gasteiger charge is 2.21. The van der Waals surface area contributed by atoms with Gasteiger partial charge in [0.15, 0.2) is 5.96 Å². The molecule has 0 spiro atoms. The molecule has 9 nitrogen and oxygen atoms in total. The highest BCUT2D eigenvalue weighted by Crippen LogP contribution is 2.10. The number of hydrogen-bond donors (Lipinski definition) is 3. The lowest BCUT2D eigenvalue weighted by molar-refractivity contribution is -0.127. The summed E-state index contributed by atoms with van der Waals surface area (Å²) in [6, 6.07) is 4.06. The highest BCUT2D eigenvalue weighted by atomic mass is 16.3. The number of piperidine rings is 1. The molecule has 1 aromatic heterocycles. The quantitative estimate of drug-likeness (QED) is 0.375. The van der Waals surface area contributed by atoms with E-state index in [1.807, 2.05) is 19.1 Å². The van der Waals surface area contributed by atoms with Crippen LogP contribution in [0.25, 0.3) is 0 Å². The Labute approximate surface area is 179 Å². The molecule has 1 saturated heterocycles. The van der Waals surface area contributed by atoms with E-state index in [0.717, 1.165) is 51.1 Å². The summed E-state index contributed by atoms with van der Waals surface area (Å²) < 4.78 is 5.36. The Morgan fingerprint density at radius 3 is 2.63 bits per heavy atom. The van der Waals surface area contributed by atoms with Crippen LogP contribution in [-0.2, 0) is 16.0 Å². The lowest BCUT2D eigenvalue weighted by Crippen LogP contribution is -2.50. The second kappa shape index (κ2) is 12.9. The first-order chi connectivity index (χ1) is 14.5. The molecule has 3 N–H and O–H groups in total. The van der Waals surface area contributed by atoms with Gasteiger partial charge in [0.25, 0.3) is 0 Å². The van der Waals surface area contributed by atoms with Gasteiger partial charge >= 0.3 is 0 Å². The summed E-state index contributed by atoms with van der Waals surface area (Å²) >= 11 is 0. The zero-order valence-electron chi connectivity index (χ0n) is 18.4. The molecule has 0 unspecified atom stereocenters. The number of aliphatic imine (C=N–C) groups is 1. The highest BCUT2D eigenvalue weighted by molar-refractivity contribution is 5.85. The Morgan fingerprint density at radius 2 is 2.00 bits per heavy atom. The van der Waals surface area contributed by atoms with Crippen LogP contribution in [0.2, 0.25) is 0 Å². The zero-order valence-corrected chi connectivity index (χ0v) is 18.4. The van der Waals surface area contributed by atoms with Crippen molar-refractivity contribution in [3.63, 3.8) is 0 Å². The van der Waals surface area contributed by atoms with E-state index in [1.54, 1.807) is 20.4 Å². The molecule has 168 valence electrons. The predicted octanol–water partition coefficient (Wildman–Crippen LogP) is 0.436. The topological polar surface area (TPSA) is 102 Å². The van der Waals surface area contributed by atoms with E-state index in [2.05, 4.69) is 25.8 Å². The van der Waals surface area contributed by atoms with Crippen LogP contribution in [-0.4, -0.2) is 87.0 Å². The molecule has 0 bridgehead atoms. The third kappa shape index (κ3) is 8.86. The Hall–Kier alpha value is -2.55. The minimum absolute atomic E-state index is 0.0463. The maximum atomic E-state index is 11.9. The lowest BCUT2D eigenvalue weighted by atomic mass is 10.1. The number of amides is 2. The number of nitrogens with one attached hydrogen (secondary N) is 3. The number of hydrogen-bond acceptors (Lipinski definition) is 5. The SMILES string of the molecule is CCCNC(=O)CN1CCC(NC(=NCC(=O)N(C)C)NCCc2ccco2)CC1. The maximum Gasteiger partial charge on any atom is 0.243 e. The second-order valence-electron chi connectivity index (χ2n) is 7.75. The van der Waals surface area contributed by atoms with Crippen molar-refractivity contribution in [1.29, 1.82) is 0 Å². The molecule has 0 radical (unpaired) electrons. The van der Waals surface area contributed by atoms with Crippen molar-refractivity contribution in [2.45, 2.75) is 38.6 Å². The van der Waals surface area contributed by atoms with Crippen molar-refractivity contribution in [3.05, 3.63) is 24.2 Å². The van der Waals surface area contributed by atoms with Gasteiger partial charge < -0.3 is 25.3 Å². The molecule has 1 aliphatic heterocycles. The van der Waals surface area contributed by atoms with E-state index in [1.165, 1.54) is 4.90 Å². The number of carbonyl (C=O) groups excluding carboxylic acids is 2. The van der Waals surface area contributed by atoms with Gasteiger partial charge in [-0.1, -0.05) is 6.92 Å². The number of furan rings is 1. The van der Waals surface area contributed by atoms with Gasteiger partial charge in [0.05, 0.1) is 12.8 Å². The summed E-state index contributed by atoms with van der Waals surface area (Å²) in [6.45, 7) is 5.69. The number of rotatable bonds is 10. The fourth-order valence-electron chi connectivity index (χ4n) is 3.15. The van der Waals surface area contributed by atoms with Gasteiger partial charge in [0.1, 0.15) is 12.3 Å². The van der Waals surface area contributed by atoms with Gasteiger partial charge in [-0.3, -0.25) is 14.5 Å². The van der Waals surface area contributed by atoms with Crippen molar-refractivity contribution in [3.8, 4) is 0 Å². The average molecular weight is 421 g/mol. The average Bonchev–Trinajstić information content (AvgIpc) is 3.24. The monoisotopic (exact) mass is 420 g/mol. The zero-order chi connectivity index (χ0) is 21.8. The summed E-state index contributed by atoms with van der Waals surface area (Å²) in [6.07, 6.45) is 5.18. The molecule has 1 aromatic rings. The molecular formula is C21H36N6O3. The molecule has 2 amide bonds. The molecule has 9 heteroatoms. The van der Waals surface area contributed by atoms with Gasteiger partial charge in [-0.15, -0.1) is 0 Å². The van der Waals surface area contributed by atoms with E-state index in [9.17, 15) is 9.59 Å². The first kappa shape index (κ1) is 23.7. The number of guanidine groups is 1. The smallest absolute Gasteiger partial charge is 0.243 e. The first-order valence-electron chi connectivity index (χ1n) is 10.7. The van der Waals surface area contributed by atoms with Gasteiger partial charge in [-0.05, 0) is 31.4 Å². The molecule has 0 saturated carbocycles. The molecule has 0 aromatic carbocycles. The summed E-state index contributed by atoms with van der Waals surface area (Å²) in [7, 11) is 3.45. The van der Waals surface area contributed by atoms with Crippen LogP contribution in [0.15, 0.2) is 27.8 Å². The fraction of sp³-hybridized carbons (Fsp3) is 0.667. The number of likely N-dealkylation sites (N-methyl/N-ethyl adjacent to an activating group) is 1. The van der Waals surface area contributed by atoms with Crippen molar-refractivity contribution < 1.29 is 14.0 Å². The fourth-order valence-corrected chi connectivity index (χ4v) is 3.15. The summed E-state index contributed by atoms with van der Waals surface area (Å²) in [5.74, 6) is 1.58. The van der Waals surface area contributed by atoms with E-state index in [4.69, 9.17) is 4.42 Å². The Bertz CT molecular complexity index is 666. The van der Waals surface area contributed by atoms with Gasteiger partial charge in [0.2, 0.25) is 11.8 Å². The summed E-state index contributed by atoms with van der Waals surface area (Å²) in [5, 5.41) is 9.67. The minimum Gasteiger partial charge on any atom is -0.469 e. The Kier molecular flexibility index (Phi) is 10.2. The predicted molar refractivity (Wildman–Crippen MR) is 117 cm³/mol. The van der Waals surface area contributed by atoms with Crippen LogP contribution >= 0.6 is 0 Å². The molecule has 30 heavy (non-hydrogen) atoms. The minimum atomic E-state index is -0.0463. The second-order valence-corrected chi connectivity index (χ2v) is 7.75. The van der Waals surface area contributed by atoms with E-state index >= 15 is 0 Å². The van der Waals surface area contributed by atoms with Crippen LogP contribution in [0, 0.1) is 0 Å². The molecule has 1 aliphatic rings. The van der Waals surface area contributed by atoms with Crippen molar-refractivity contribution in [2.75, 3.05) is 53.4 Å². The molecular weight excluding hydrogens is 384 g/mol. The van der Waals surface area contributed by atoms with Gasteiger partial charge in [-0.2, -0.15) is 0 Å². The van der Waals surface area contributed by atoms with Crippen LogP contribution in [0.5, 0.6) is 0 Å². The van der Waals surface area contributed by atoms with Crippen molar-refractivity contribution in [2.24, 2.45) is 4.99 Å². The van der Waals surface area contributed by atoms with Crippen molar-refractivity contribution in [1.82, 2.24) is 25.8 Å². The summed E-state index contributed by atoms with van der Waals surface area (Å²) in [5.41, 5.74) is 0. The largest absolute Gasteiger partial charge is 0.469 e. The number of nitrogens with zero attached hydrogens (tertiary/aromatic N) is 3.